The van der Waals surface area contributed by atoms with Gasteiger partial charge in [0, 0.05) is 18.5 Å². The predicted molar refractivity (Wildman–Crippen MR) is 98.8 cm³/mol. The third kappa shape index (κ3) is 3.98. The van der Waals surface area contributed by atoms with Crippen LogP contribution in [0.25, 0.3) is 0 Å². The number of sulfonamides is 1. The number of aromatic nitrogens is 2. The zero-order chi connectivity index (χ0) is 18.0. The summed E-state index contributed by atoms with van der Waals surface area (Å²) in [6.07, 6.45) is 4.78. The fourth-order valence-electron chi connectivity index (χ4n) is 2.76. The number of benzene rings is 1. The molecule has 0 saturated carbocycles. The molecule has 0 bridgehead atoms. The maximum atomic E-state index is 12.4. The Morgan fingerprint density at radius 1 is 1.36 bits per heavy atom. The molecule has 2 heterocycles. The summed E-state index contributed by atoms with van der Waals surface area (Å²) in [6, 6.07) is 5.07. The predicted octanol–water partition coefficient (Wildman–Crippen LogP) is 2.46. The van der Waals surface area contributed by atoms with Gasteiger partial charge in [0.1, 0.15) is 5.01 Å². The third-order valence-corrected chi connectivity index (χ3v) is 6.10. The monoisotopic (exact) mass is 380 g/mol. The number of fused-ring (bicyclic) bond motifs is 1. The number of amides is 1. The Labute approximate surface area is 151 Å². The smallest absolute Gasteiger partial charge is 0.257 e. The molecule has 0 aliphatic carbocycles. The van der Waals surface area contributed by atoms with E-state index < -0.39 is 10.0 Å². The van der Waals surface area contributed by atoms with E-state index in [4.69, 9.17) is 0 Å². The second-order valence-corrected chi connectivity index (χ2v) is 8.96. The highest BCUT2D eigenvalue weighted by molar-refractivity contribution is 7.92. The SMILES string of the molecule is CCCCc1nnc(NC(=O)c2ccc3c(c2)CCN3S(C)(=O)=O)s1. The molecule has 0 spiro atoms. The van der Waals surface area contributed by atoms with Crippen LogP contribution in [0.4, 0.5) is 10.8 Å². The minimum absolute atomic E-state index is 0.265. The molecular weight excluding hydrogens is 360 g/mol. The average Bonchev–Trinajstić information content (AvgIpc) is 3.18. The molecule has 134 valence electrons. The molecule has 1 aliphatic rings. The molecule has 1 aromatic carbocycles. The van der Waals surface area contributed by atoms with E-state index in [1.807, 2.05) is 0 Å². The van der Waals surface area contributed by atoms with Crippen LogP contribution < -0.4 is 9.62 Å². The molecule has 1 N–H and O–H groups in total. The topological polar surface area (TPSA) is 92.3 Å². The highest BCUT2D eigenvalue weighted by Crippen LogP contribution is 2.31. The summed E-state index contributed by atoms with van der Waals surface area (Å²) in [5.41, 5.74) is 2.00. The fourth-order valence-corrected chi connectivity index (χ4v) is 4.49. The molecule has 1 aliphatic heterocycles. The van der Waals surface area contributed by atoms with Crippen LogP contribution in [-0.2, 0) is 22.9 Å². The van der Waals surface area contributed by atoms with E-state index >= 15 is 0 Å². The summed E-state index contributed by atoms with van der Waals surface area (Å²) in [6.45, 7) is 2.53. The van der Waals surface area contributed by atoms with E-state index in [1.165, 1.54) is 21.9 Å². The second kappa shape index (κ2) is 7.09. The van der Waals surface area contributed by atoms with Crippen molar-refractivity contribution in [2.24, 2.45) is 0 Å². The Balaban J connectivity index is 1.72. The number of anilines is 2. The lowest BCUT2D eigenvalue weighted by Crippen LogP contribution is -2.27. The van der Waals surface area contributed by atoms with Crippen LogP contribution in [0.2, 0.25) is 0 Å². The number of aryl methyl sites for hydroxylation is 1. The standard InChI is InChI=1S/C16H20N4O3S2/c1-3-4-5-14-18-19-16(24-14)17-15(21)12-6-7-13-11(10-12)8-9-20(13)25(2,22)23/h6-7,10H,3-5,8-9H2,1-2H3,(H,17,19,21). The van der Waals surface area contributed by atoms with E-state index in [-0.39, 0.29) is 5.91 Å². The Kier molecular flexibility index (Phi) is 5.05. The van der Waals surface area contributed by atoms with E-state index in [2.05, 4.69) is 22.4 Å². The number of rotatable bonds is 6. The van der Waals surface area contributed by atoms with Crippen molar-refractivity contribution in [1.29, 1.82) is 0 Å². The minimum atomic E-state index is -3.29. The van der Waals surface area contributed by atoms with Gasteiger partial charge < -0.3 is 0 Å². The number of carbonyl (C=O) groups excluding carboxylic acids is 1. The first-order chi connectivity index (χ1) is 11.9. The third-order valence-electron chi connectivity index (χ3n) is 4.03. The molecule has 0 radical (unpaired) electrons. The van der Waals surface area contributed by atoms with Crippen LogP contribution in [0, 0.1) is 0 Å². The molecule has 3 rings (SSSR count). The van der Waals surface area contributed by atoms with Crippen LogP contribution in [0.5, 0.6) is 0 Å². The summed E-state index contributed by atoms with van der Waals surface area (Å²) in [5, 5.41) is 12.2. The zero-order valence-electron chi connectivity index (χ0n) is 14.2. The second-order valence-electron chi connectivity index (χ2n) is 5.99. The highest BCUT2D eigenvalue weighted by atomic mass is 32.2. The number of hydrogen-bond acceptors (Lipinski definition) is 6. The molecule has 0 unspecified atom stereocenters. The van der Waals surface area contributed by atoms with E-state index in [0.29, 0.717) is 29.3 Å². The number of nitrogens with one attached hydrogen (secondary N) is 1. The lowest BCUT2D eigenvalue weighted by molar-refractivity contribution is 0.102. The molecule has 7 nitrogen and oxygen atoms in total. The Morgan fingerprint density at radius 3 is 2.88 bits per heavy atom. The molecule has 2 aromatic rings. The van der Waals surface area contributed by atoms with Gasteiger partial charge in [-0.3, -0.25) is 14.4 Å². The first kappa shape index (κ1) is 17.8. The molecule has 0 saturated heterocycles. The van der Waals surface area contributed by atoms with Gasteiger partial charge in [-0.25, -0.2) is 8.42 Å². The summed E-state index contributed by atoms with van der Waals surface area (Å²) >= 11 is 1.38. The molecule has 9 heteroatoms. The van der Waals surface area contributed by atoms with Gasteiger partial charge in [0.25, 0.3) is 5.91 Å². The van der Waals surface area contributed by atoms with Gasteiger partial charge in [0.05, 0.1) is 11.9 Å². The van der Waals surface area contributed by atoms with Crippen molar-refractivity contribution >= 4 is 38.1 Å². The van der Waals surface area contributed by atoms with Crippen molar-refractivity contribution in [1.82, 2.24) is 10.2 Å². The Bertz CT molecular complexity index is 893. The van der Waals surface area contributed by atoms with Crippen molar-refractivity contribution < 1.29 is 13.2 Å². The fraction of sp³-hybridized carbons (Fsp3) is 0.438. The summed E-state index contributed by atoms with van der Waals surface area (Å²) in [4.78, 5) is 12.4. The molecule has 1 aromatic heterocycles. The summed E-state index contributed by atoms with van der Waals surface area (Å²) in [5.74, 6) is -0.265. The van der Waals surface area contributed by atoms with Crippen molar-refractivity contribution in [3.8, 4) is 0 Å². The van der Waals surface area contributed by atoms with Crippen LogP contribution in [0.15, 0.2) is 18.2 Å². The highest BCUT2D eigenvalue weighted by Gasteiger charge is 2.26. The van der Waals surface area contributed by atoms with Gasteiger partial charge in [-0.1, -0.05) is 24.7 Å². The maximum absolute atomic E-state index is 12.4. The van der Waals surface area contributed by atoms with Crippen LogP contribution in [0.3, 0.4) is 0 Å². The summed E-state index contributed by atoms with van der Waals surface area (Å²) in [7, 11) is -3.29. The largest absolute Gasteiger partial charge is 0.296 e. The molecule has 25 heavy (non-hydrogen) atoms. The minimum Gasteiger partial charge on any atom is -0.296 e. The van der Waals surface area contributed by atoms with Crippen molar-refractivity contribution in [2.45, 2.75) is 32.6 Å². The first-order valence-corrected chi connectivity index (χ1v) is 10.8. The number of nitrogens with zero attached hydrogens (tertiary/aromatic N) is 3. The normalized spacial score (nSPS) is 13.8. The van der Waals surface area contributed by atoms with Crippen LogP contribution in [-0.4, -0.2) is 37.3 Å². The van der Waals surface area contributed by atoms with Crippen LogP contribution in [0.1, 0.15) is 40.7 Å². The molecule has 0 fully saturated rings. The van der Waals surface area contributed by atoms with Gasteiger partial charge in [-0.2, -0.15) is 0 Å². The van der Waals surface area contributed by atoms with E-state index in [0.717, 1.165) is 29.8 Å². The lowest BCUT2D eigenvalue weighted by Gasteiger charge is -2.16. The molecular formula is C16H20N4O3S2. The first-order valence-electron chi connectivity index (χ1n) is 8.13. The molecule has 0 atom stereocenters. The van der Waals surface area contributed by atoms with E-state index in [1.54, 1.807) is 18.2 Å². The average molecular weight is 380 g/mol. The molecule has 1 amide bonds. The van der Waals surface area contributed by atoms with Gasteiger partial charge in [-0.15, -0.1) is 10.2 Å². The number of carbonyl (C=O) groups is 1. The van der Waals surface area contributed by atoms with Gasteiger partial charge in [0.15, 0.2) is 0 Å². The van der Waals surface area contributed by atoms with E-state index in [9.17, 15) is 13.2 Å². The zero-order valence-corrected chi connectivity index (χ0v) is 15.8. The van der Waals surface area contributed by atoms with Crippen molar-refractivity contribution in [2.75, 3.05) is 22.4 Å². The van der Waals surface area contributed by atoms with Gasteiger partial charge in [0.2, 0.25) is 15.2 Å². The lowest BCUT2D eigenvalue weighted by atomic mass is 10.1. The van der Waals surface area contributed by atoms with Gasteiger partial charge in [-0.05, 0) is 36.6 Å². The van der Waals surface area contributed by atoms with Crippen LogP contribution >= 0.6 is 11.3 Å². The van der Waals surface area contributed by atoms with Crippen molar-refractivity contribution in [3.05, 3.63) is 34.3 Å². The van der Waals surface area contributed by atoms with Gasteiger partial charge >= 0.3 is 0 Å². The Morgan fingerprint density at radius 2 is 2.16 bits per heavy atom. The maximum Gasteiger partial charge on any atom is 0.257 e. The quantitative estimate of drug-likeness (QED) is 0.831. The number of unbranched alkanes of at least 4 members (excludes halogenated alkanes) is 1. The Hall–Kier alpha value is -2.00. The number of hydrogen-bond donors (Lipinski definition) is 1. The van der Waals surface area contributed by atoms with Crippen molar-refractivity contribution in [3.63, 3.8) is 0 Å². The summed E-state index contributed by atoms with van der Waals surface area (Å²) < 4.78 is 24.9.